The number of allylic oxidation sites excluding steroid dienone is 1. The monoisotopic (exact) mass is 531 g/mol. The van der Waals surface area contributed by atoms with Crippen molar-refractivity contribution in [3.63, 3.8) is 0 Å². The zero-order valence-electron chi connectivity index (χ0n) is 21.1. The van der Waals surface area contributed by atoms with Crippen LogP contribution in [0, 0.1) is 5.92 Å². The van der Waals surface area contributed by atoms with Gasteiger partial charge in [-0.2, -0.15) is 26.3 Å². The molecular weight excluding hydrogens is 496 g/mol. The lowest BCUT2D eigenvalue weighted by atomic mass is 9.93. The summed E-state index contributed by atoms with van der Waals surface area (Å²) in [7, 11) is 2.22. The Hall–Kier alpha value is -2.23. The molecule has 0 atom stereocenters. The molecule has 37 heavy (non-hydrogen) atoms. The summed E-state index contributed by atoms with van der Waals surface area (Å²) in [5.41, 5.74) is -0.615. The fourth-order valence-corrected chi connectivity index (χ4v) is 5.50. The van der Waals surface area contributed by atoms with Crippen LogP contribution in [0.25, 0.3) is 0 Å². The summed E-state index contributed by atoms with van der Waals surface area (Å²) in [6.45, 7) is 2.82. The van der Waals surface area contributed by atoms with Crippen molar-refractivity contribution in [1.29, 1.82) is 0 Å². The molecule has 1 amide bonds. The lowest BCUT2D eigenvalue weighted by Crippen LogP contribution is -2.42. The average molecular weight is 532 g/mol. The highest BCUT2D eigenvalue weighted by molar-refractivity contribution is 5.94. The maximum absolute atomic E-state index is 13.1. The fourth-order valence-electron chi connectivity index (χ4n) is 5.50. The van der Waals surface area contributed by atoms with E-state index in [1.807, 2.05) is 0 Å². The van der Waals surface area contributed by atoms with Gasteiger partial charge in [0.1, 0.15) is 0 Å². The number of likely N-dealkylation sites (tertiary alicyclic amines) is 1. The Kier molecular flexibility index (Phi) is 8.45. The van der Waals surface area contributed by atoms with Crippen LogP contribution in [0.4, 0.5) is 26.3 Å². The Labute approximate surface area is 214 Å². The number of carbonyl (C=O) groups is 1. The number of hydrogen-bond donors (Lipinski definition) is 1. The van der Waals surface area contributed by atoms with Crippen LogP contribution in [0.5, 0.6) is 0 Å². The van der Waals surface area contributed by atoms with Gasteiger partial charge >= 0.3 is 12.4 Å². The van der Waals surface area contributed by atoms with Gasteiger partial charge in [-0.3, -0.25) is 9.69 Å². The summed E-state index contributed by atoms with van der Waals surface area (Å²) in [5.74, 6) is -0.796. The molecule has 1 aliphatic heterocycles. The molecule has 3 aliphatic rings. The van der Waals surface area contributed by atoms with Crippen LogP contribution >= 0.6 is 0 Å². The van der Waals surface area contributed by atoms with Crippen molar-refractivity contribution in [2.24, 2.45) is 5.92 Å². The van der Waals surface area contributed by atoms with E-state index in [1.54, 1.807) is 5.57 Å². The molecule has 1 heterocycles. The van der Waals surface area contributed by atoms with E-state index in [2.05, 4.69) is 22.2 Å². The van der Waals surface area contributed by atoms with Gasteiger partial charge in [0.2, 0.25) is 0 Å². The Morgan fingerprint density at radius 3 is 2.00 bits per heavy atom. The number of likely N-dealkylation sites (N-methyl/N-ethyl adjacent to an activating group) is 1. The molecule has 0 bridgehead atoms. The molecule has 2 aliphatic carbocycles. The van der Waals surface area contributed by atoms with E-state index < -0.39 is 35.0 Å². The van der Waals surface area contributed by atoms with E-state index in [0.717, 1.165) is 32.5 Å². The molecule has 206 valence electrons. The number of nitrogens with one attached hydrogen (secondary N) is 1. The van der Waals surface area contributed by atoms with Crippen LogP contribution in [-0.4, -0.2) is 55.0 Å². The van der Waals surface area contributed by atoms with Crippen molar-refractivity contribution >= 4 is 5.91 Å². The largest absolute Gasteiger partial charge is 0.416 e. The number of benzene rings is 1. The third-order valence-corrected chi connectivity index (χ3v) is 7.94. The Balaban J connectivity index is 1.30. The van der Waals surface area contributed by atoms with E-state index in [0.29, 0.717) is 18.2 Å². The summed E-state index contributed by atoms with van der Waals surface area (Å²) < 4.78 is 78.6. The number of halogens is 6. The van der Waals surface area contributed by atoms with Crippen LogP contribution in [0.3, 0.4) is 0 Å². The second-order valence-electron chi connectivity index (χ2n) is 10.7. The van der Waals surface area contributed by atoms with Gasteiger partial charge < -0.3 is 10.2 Å². The molecular formula is C27H35F6N3O. The minimum absolute atomic E-state index is 0.0312. The third-order valence-electron chi connectivity index (χ3n) is 7.94. The number of alkyl halides is 6. The van der Waals surface area contributed by atoms with Crippen molar-refractivity contribution < 1.29 is 31.1 Å². The molecule has 1 aromatic carbocycles. The number of hydrogen-bond acceptors (Lipinski definition) is 3. The molecule has 0 unspecified atom stereocenters. The minimum atomic E-state index is -4.98. The smallest absolute Gasteiger partial charge is 0.374 e. The minimum Gasteiger partial charge on any atom is -0.374 e. The van der Waals surface area contributed by atoms with Crippen molar-refractivity contribution in [2.45, 2.75) is 76.2 Å². The van der Waals surface area contributed by atoms with Gasteiger partial charge in [-0.05, 0) is 81.3 Å². The second kappa shape index (κ2) is 11.3. The van der Waals surface area contributed by atoms with E-state index in [-0.39, 0.29) is 18.5 Å². The predicted octanol–water partition coefficient (Wildman–Crippen LogP) is 6.48. The van der Waals surface area contributed by atoms with Crippen LogP contribution < -0.4 is 5.32 Å². The zero-order chi connectivity index (χ0) is 26.8. The molecule has 2 saturated carbocycles. The number of amides is 1. The lowest BCUT2D eigenvalue weighted by Gasteiger charge is -2.38. The molecule has 0 spiro atoms. The first-order valence-electron chi connectivity index (χ1n) is 13.2. The maximum Gasteiger partial charge on any atom is 0.416 e. The zero-order valence-corrected chi connectivity index (χ0v) is 21.1. The Bertz CT molecular complexity index is 951. The van der Waals surface area contributed by atoms with Crippen molar-refractivity contribution in [3.05, 3.63) is 46.2 Å². The first kappa shape index (κ1) is 27.8. The summed E-state index contributed by atoms with van der Waals surface area (Å²) in [6, 6.07) is 1.59. The standard InChI is InChI=1S/C27H35F6N3O/c1-35(23-5-3-2-4-6-23)24(19-7-8-19)17-36-11-9-18(10-12-36)16-34-25(37)20-13-21(26(28,29)30)15-22(14-20)27(31,32)33/h13-15,18,23H,2-12,16-17H2,1H3,(H,34,37). The number of nitrogens with zero attached hydrogens (tertiary/aromatic N) is 2. The summed E-state index contributed by atoms with van der Waals surface area (Å²) in [6.07, 6.45) is 0.360. The van der Waals surface area contributed by atoms with E-state index in [4.69, 9.17) is 0 Å². The number of piperidine rings is 1. The van der Waals surface area contributed by atoms with E-state index in [1.165, 1.54) is 50.6 Å². The van der Waals surface area contributed by atoms with Crippen molar-refractivity contribution in [1.82, 2.24) is 15.1 Å². The highest BCUT2D eigenvalue weighted by Gasteiger charge is 2.37. The first-order valence-corrected chi connectivity index (χ1v) is 13.2. The SMILES string of the molecule is CN(C(CN1CCC(CNC(=O)c2cc(C(F)(F)F)cc(C(F)(F)F)c2)CC1)=C1CC1)C1CCCCC1. The molecule has 1 saturated heterocycles. The number of rotatable bonds is 7. The Morgan fingerprint density at radius 2 is 1.49 bits per heavy atom. The topological polar surface area (TPSA) is 35.6 Å². The molecule has 0 aromatic heterocycles. The van der Waals surface area contributed by atoms with Crippen molar-refractivity contribution in [3.8, 4) is 0 Å². The summed E-state index contributed by atoms with van der Waals surface area (Å²) in [4.78, 5) is 17.4. The third kappa shape index (κ3) is 7.42. The quantitative estimate of drug-likeness (QED) is 0.409. The van der Waals surface area contributed by atoms with Crippen LogP contribution in [0.15, 0.2) is 29.5 Å². The van der Waals surface area contributed by atoms with Crippen LogP contribution in [0.1, 0.15) is 79.3 Å². The highest BCUT2D eigenvalue weighted by Crippen LogP contribution is 2.37. The Morgan fingerprint density at radius 1 is 0.919 bits per heavy atom. The predicted molar refractivity (Wildman–Crippen MR) is 129 cm³/mol. The molecule has 0 radical (unpaired) electrons. The van der Waals surface area contributed by atoms with Gasteiger partial charge in [0, 0.05) is 37.4 Å². The van der Waals surface area contributed by atoms with Crippen LogP contribution in [-0.2, 0) is 12.4 Å². The summed E-state index contributed by atoms with van der Waals surface area (Å²) >= 11 is 0. The maximum atomic E-state index is 13.1. The van der Waals surface area contributed by atoms with Crippen LogP contribution in [0.2, 0.25) is 0 Å². The van der Waals surface area contributed by atoms with Crippen molar-refractivity contribution in [2.75, 3.05) is 33.2 Å². The molecule has 1 N–H and O–H groups in total. The van der Waals surface area contributed by atoms with E-state index in [9.17, 15) is 31.1 Å². The second-order valence-corrected chi connectivity index (χ2v) is 10.7. The molecule has 4 rings (SSSR count). The molecule has 10 heteroatoms. The van der Waals surface area contributed by atoms with Gasteiger partial charge in [-0.1, -0.05) is 19.3 Å². The van der Waals surface area contributed by atoms with Gasteiger partial charge in [-0.15, -0.1) is 0 Å². The van der Waals surface area contributed by atoms with Gasteiger partial charge in [0.25, 0.3) is 5.91 Å². The lowest BCUT2D eigenvalue weighted by molar-refractivity contribution is -0.143. The summed E-state index contributed by atoms with van der Waals surface area (Å²) in [5, 5.41) is 2.56. The average Bonchev–Trinajstić information content (AvgIpc) is 3.71. The molecule has 4 nitrogen and oxygen atoms in total. The first-order chi connectivity index (χ1) is 17.4. The molecule has 3 fully saturated rings. The fraction of sp³-hybridized carbons (Fsp3) is 0.667. The van der Waals surface area contributed by atoms with Gasteiger partial charge in [0.05, 0.1) is 11.1 Å². The van der Waals surface area contributed by atoms with E-state index >= 15 is 0 Å². The highest BCUT2D eigenvalue weighted by atomic mass is 19.4. The van der Waals surface area contributed by atoms with Gasteiger partial charge in [-0.25, -0.2) is 0 Å². The number of carbonyl (C=O) groups excluding carboxylic acids is 1. The molecule has 1 aromatic rings. The normalized spacial score (nSPS) is 20.1. The van der Waals surface area contributed by atoms with Gasteiger partial charge in [0.15, 0.2) is 0 Å².